The molecule has 0 aliphatic rings. The van der Waals surface area contributed by atoms with Crippen molar-refractivity contribution in [1.82, 2.24) is 4.90 Å². The van der Waals surface area contributed by atoms with E-state index in [9.17, 15) is 9.59 Å². The molecule has 0 fully saturated rings. The molecule has 1 aromatic carbocycles. The fraction of sp³-hybridized carbons (Fsp3) is 0.333. The SMILES string of the molecule is CCOC(=O)CCN(C)C(=O)C=Cc1c(Cl)cccc1Cl. The fourth-order valence-electron chi connectivity index (χ4n) is 1.55. The van der Waals surface area contributed by atoms with Gasteiger partial charge < -0.3 is 9.64 Å². The zero-order valence-corrected chi connectivity index (χ0v) is 13.4. The number of ether oxygens (including phenoxy) is 1. The monoisotopic (exact) mass is 329 g/mol. The number of carbonyl (C=O) groups is 2. The van der Waals surface area contributed by atoms with E-state index in [0.29, 0.717) is 22.2 Å². The highest BCUT2D eigenvalue weighted by Gasteiger charge is 2.09. The van der Waals surface area contributed by atoms with Crippen molar-refractivity contribution in [2.75, 3.05) is 20.2 Å². The molecule has 4 nitrogen and oxygen atoms in total. The number of halogens is 2. The van der Waals surface area contributed by atoms with E-state index in [1.807, 2.05) is 0 Å². The Balaban J connectivity index is 2.60. The second-order valence-electron chi connectivity index (χ2n) is 4.28. The summed E-state index contributed by atoms with van der Waals surface area (Å²) < 4.78 is 4.80. The van der Waals surface area contributed by atoms with Crippen molar-refractivity contribution >= 4 is 41.2 Å². The second-order valence-corrected chi connectivity index (χ2v) is 5.10. The maximum Gasteiger partial charge on any atom is 0.307 e. The van der Waals surface area contributed by atoms with E-state index < -0.39 is 0 Å². The van der Waals surface area contributed by atoms with Crippen molar-refractivity contribution in [1.29, 1.82) is 0 Å². The van der Waals surface area contributed by atoms with E-state index in [0.717, 1.165) is 0 Å². The van der Waals surface area contributed by atoms with Gasteiger partial charge in [-0.25, -0.2) is 0 Å². The van der Waals surface area contributed by atoms with Crippen LogP contribution in [0.3, 0.4) is 0 Å². The normalized spacial score (nSPS) is 10.7. The van der Waals surface area contributed by atoms with Gasteiger partial charge in [-0.1, -0.05) is 29.3 Å². The molecule has 0 radical (unpaired) electrons. The number of carbonyl (C=O) groups excluding carboxylic acids is 2. The lowest BCUT2D eigenvalue weighted by Crippen LogP contribution is -2.27. The van der Waals surface area contributed by atoms with Crippen LogP contribution < -0.4 is 0 Å². The number of likely N-dealkylation sites (N-methyl/N-ethyl adjacent to an activating group) is 1. The Labute approximate surface area is 134 Å². The Morgan fingerprint density at radius 2 is 1.90 bits per heavy atom. The summed E-state index contributed by atoms with van der Waals surface area (Å²) in [7, 11) is 1.61. The van der Waals surface area contributed by atoms with Crippen LogP contribution in [-0.2, 0) is 14.3 Å². The molecule has 0 saturated heterocycles. The minimum atomic E-state index is -0.324. The smallest absolute Gasteiger partial charge is 0.307 e. The topological polar surface area (TPSA) is 46.6 Å². The van der Waals surface area contributed by atoms with Crippen LogP contribution in [0.15, 0.2) is 24.3 Å². The Bertz CT molecular complexity index is 523. The van der Waals surface area contributed by atoms with Gasteiger partial charge in [-0.05, 0) is 25.1 Å². The third kappa shape index (κ3) is 5.78. The van der Waals surface area contributed by atoms with Gasteiger partial charge in [-0.2, -0.15) is 0 Å². The Hall–Kier alpha value is -1.52. The van der Waals surface area contributed by atoms with Gasteiger partial charge >= 0.3 is 5.97 Å². The summed E-state index contributed by atoms with van der Waals surface area (Å²) in [6, 6.07) is 5.12. The molecule has 1 amide bonds. The van der Waals surface area contributed by atoms with E-state index in [-0.39, 0.29) is 24.8 Å². The van der Waals surface area contributed by atoms with Crippen molar-refractivity contribution in [3.05, 3.63) is 39.9 Å². The quantitative estimate of drug-likeness (QED) is 0.593. The van der Waals surface area contributed by atoms with Crippen molar-refractivity contribution < 1.29 is 14.3 Å². The second kappa shape index (κ2) is 8.70. The summed E-state index contributed by atoms with van der Waals surface area (Å²) in [5, 5.41) is 0.946. The maximum atomic E-state index is 11.9. The van der Waals surface area contributed by atoms with Crippen LogP contribution in [0.4, 0.5) is 0 Å². The molecule has 0 unspecified atom stereocenters. The first-order chi connectivity index (χ1) is 9.95. The van der Waals surface area contributed by atoms with Crippen LogP contribution in [0.2, 0.25) is 10.0 Å². The summed E-state index contributed by atoms with van der Waals surface area (Å²) >= 11 is 12.0. The molecule has 0 aromatic heterocycles. The minimum Gasteiger partial charge on any atom is -0.466 e. The van der Waals surface area contributed by atoms with Crippen LogP contribution in [0.25, 0.3) is 6.08 Å². The number of benzene rings is 1. The first kappa shape index (κ1) is 17.5. The lowest BCUT2D eigenvalue weighted by molar-refractivity contribution is -0.143. The number of hydrogen-bond acceptors (Lipinski definition) is 3. The van der Waals surface area contributed by atoms with Gasteiger partial charge in [0.15, 0.2) is 0 Å². The lowest BCUT2D eigenvalue weighted by Gasteiger charge is -2.14. The molecular weight excluding hydrogens is 313 g/mol. The highest BCUT2D eigenvalue weighted by Crippen LogP contribution is 2.25. The molecule has 0 aliphatic carbocycles. The van der Waals surface area contributed by atoms with Gasteiger partial charge in [0.1, 0.15) is 0 Å². The first-order valence-electron chi connectivity index (χ1n) is 6.48. The largest absolute Gasteiger partial charge is 0.466 e. The first-order valence-corrected chi connectivity index (χ1v) is 7.24. The molecule has 0 atom stereocenters. The molecule has 0 heterocycles. The molecule has 1 aromatic rings. The maximum absolute atomic E-state index is 11.9. The van der Waals surface area contributed by atoms with Crippen molar-refractivity contribution in [2.24, 2.45) is 0 Å². The molecule has 0 N–H and O–H groups in total. The van der Waals surface area contributed by atoms with E-state index in [1.165, 1.54) is 11.0 Å². The molecular formula is C15H17Cl2NO3. The van der Waals surface area contributed by atoms with Gasteiger partial charge in [0.25, 0.3) is 0 Å². The third-order valence-corrected chi connectivity index (χ3v) is 3.38. The standard InChI is InChI=1S/C15H17Cl2NO3/c1-3-21-15(20)9-10-18(2)14(19)8-7-11-12(16)5-4-6-13(11)17/h4-8H,3,9-10H2,1-2H3. The Kier molecular flexibility index (Phi) is 7.26. The fourth-order valence-corrected chi connectivity index (χ4v) is 2.08. The van der Waals surface area contributed by atoms with E-state index in [4.69, 9.17) is 27.9 Å². The van der Waals surface area contributed by atoms with Gasteiger partial charge in [0, 0.05) is 35.3 Å². The molecule has 0 saturated carbocycles. The average molecular weight is 330 g/mol. The van der Waals surface area contributed by atoms with Crippen molar-refractivity contribution in [3.63, 3.8) is 0 Å². The van der Waals surface area contributed by atoms with Gasteiger partial charge in [0.2, 0.25) is 5.91 Å². The molecule has 0 aliphatic heterocycles. The van der Waals surface area contributed by atoms with Crippen molar-refractivity contribution in [2.45, 2.75) is 13.3 Å². The lowest BCUT2D eigenvalue weighted by atomic mass is 10.2. The minimum absolute atomic E-state index is 0.163. The Morgan fingerprint density at radius 3 is 2.48 bits per heavy atom. The molecule has 21 heavy (non-hydrogen) atoms. The molecule has 6 heteroatoms. The van der Waals surface area contributed by atoms with Crippen LogP contribution in [-0.4, -0.2) is 37.0 Å². The van der Waals surface area contributed by atoms with Crippen LogP contribution >= 0.6 is 23.2 Å². The van der Waals surface area contributed by atoms with E-state index >= 15 is 0 Å². The zero-order valence-electron chi connectivity index (χ0n) is 11.9. The predicted octanol–water partition coefficient (Wildman–Crippen LogP) is 3.42. The van der Waals surface area contributed by atoms with E-state index in [2.05, 4.69) is 0 Å². The Morgan fingerprint density at radius 1 is 1.29 bits per heavy atom. The number of esters is 1. The highest BCUT2D eigenvalue weighted by atomic mass is 35.5. The van der Waals surface area contributed by atoms with Gasteiger partial charge in [0.05, 0.1) is 13.0 Å². The van der Waals surface area contributed by atoms with Gasteiger partial charge in [-0.3, -0.25) is 9.59 Å². The highest BCUT2D eigenvalue weighted by molar-refractivity contribution is 6.37. The van der Waals surface area contributed by atoms with Crippen molar-refractivity contribution in [3.8, 4) is 0 Å². The molecule has 0 spiro atoms. The summed E-state index contributed by atoms with van der Waals surface area (Å²) in [4.78, 5) is 24.6. The van der Waals surface area contributed by atoms with Crippen LogP contribution in [0, 0.1) is 0 Å². The predicted molar refractivity (Wildman–Crippen MR) is 84.4 cm³/mol. The summed E-state index contributed by atoms with van der Waals surface area (Å²) in [5.41, 5.74) is 0.591. The number of hydrogen-bond donors (Lipinski definition) is 0. The number of amides is 1. The zero-order chi connectivity index (χ0) is 15.8. The third-order valence-electron chi connectivity index (χ3n) is 2.73. The molecule has 0 bridgehead atoms. The van der Waals surface area contributed by atoms with Gasteiger partial charge in [-0.15, -0.1) is 0 Å². The van der Waals surface area contributed by atoms with Crippen LogP contribution in [0.1, 0.15) is 18.9 Å². The number of nitrogens with zero attached hydrogens (tertiary/aromatic N) is 1. The molecule has 1 rings (SSSR count). The summed E-state index contributed by atoms with van der Waals surface area (Å²) in [6.45, 7) is 2.36. The molecule has 114 valence electrons. The summed E-state index contributed by atoms with van der Waals surface area (Å²) in [5.74, 6) is -0.564. The van der Waals surface area contributed by atoms with Crippen LogP contribution in [0.5, 0.6) is 0 Å². The van der Waals surface area contributed by atoms with E-state index in [1.54, 1.807) is 38.2 Å². The summed E-state index contributed by atoms with van der Waals surface area (Å²) in [6.07, 6.45) is 3.10. The average Bonchev–Trinajstić information content (AvgIpc) is 2.44. The number of rotatable bonds is 6.